The minimum Gasteiger partial charge on any atom is -0.327 e. The summed E-state index contributed by atoms with van der Waals surface area (Å²) in [5.74, 6) is 1.44. The molecule has 0 aromatic carbocycles. The lowest BCUT2D eigenvalue weighted by Crippen LogP contribution is -2.37. The monoisotopic (exact) mass is 212 g/mol. The molecule has 0 aromatic heterocycles. The maximum Gasteiger partial charge on any atom is 0.00792 e. The molecule has 2 nitrogen and oxygen atoms in total. The predicted molar refractivity (Wildman–Crippen MR) is 66.8 cm³/mol. The highest BCUT2D eigenvalue weighted by Gasteiger charge is 2.24. The van der Waals surface area contributed by atoms with Crippen LogP contribution in [0.4, 0.5) is 0 Å². The van der Waals surface area contributed by atoms with Crippen LogP contribution in [0, 0.1) is 17.3 Å². The van der Waals surface area contributed by atoms with Crippen molar-refractivity contribution < 1.29 is 0 Å². The average Bonchev–Trinajstić information content (AvgIpc) is 2.50. The fraction of sp³-hybridized carbons (Fsp3) is 1.00. The molecule has 1 fully saturated rings. The van der Waals surface area contributed by atoms with Crippen LogP contribution in [0.1, 0.15) is 47.0 Å². The van der Waals surface area contributed by atoms with Gasteiger partial charge in [0.05, 0.1) is 0 Å². The lowest BCUT2D eigenvalue weighted by Gasteiger charge is -2.28. The van der Waals surface area contributed by atoms with Gasteiger partial charge in [0, 0.05) is 6.04 Å². The Kier molecular flexibility index (Phi) is 4.60. The first-order chi connectivity index (χ1) is 6.91. The van der Waals surface area contributed by atoms with Gasteiger partial charge in [-0.15, -0.1) is 0 Å². The Morgan fingerprint density at radius 2 is 2.00 bits per heavy atom. The van der Waals surface area contributed by atoms with E-state index >= 15 is 0 Å². The van der Waals surface area contributed by atoms with Crippen molar-refractivity contribution in [2.24, 2.45) is 23.0 Å². The van der Waals surface area contributed by atoms with Crippen molar-refractivity contribution in [2.45, 2.75) is 53.0 Å². The molecule has 3 unspecified atom stereocenters. The van der Waals surface area contributed by atoms with Gasteiger partial charge in [0.1, 0.15) is 0 Å². The van der Waals surface area contributed by atoms with E-state index < -0.39 is 0 Å². The summed E-state index contributed by atoms with van der Waals surface area (Å²) in [6.07, 6.45) is 3.86. The number of hydrogen-bond donors (Lipinski definition) is 2. The van der Waals surface area contributed by atoms with E-state index in [2.05, 4.69) is 33.0 Å². The highest BCUT2D eigenvalue weighted by molar-refractivity contribution is 4.82. The second-order valence-electron chi connectivity index (χ2n) is 6.28. The van der Waals surface area contributed by atoms with E-state index in [1.54, 1.807) is 0 Å². The molecule has 3 atom stereocenters. The molecule has 1 aliphatic carbocycles. The van der Waals surface area contributed by atoms with Crippen molar-refractivity contribution >= 4 is 0 Å². The smallest absolute Gasteiger partial charge is 0.00792 e. The molecular formula is C13H28N2. The Morgan fingerprint density at radius 3 is 2.47 bits per heavy atom. The van der Waals surface area contributed by atoms with Crippen LogP contribution < -0.4 is 11.1 Å². The van der Waals surface area contributed by atoms with E-state index in [0.717, 1.165) is 24.9 Å². The molecule has 0 amide bonds. The third-order valence-electron chi connectivity index (χ3n) is 4.05. The first kappa shape index (κ1) is 13.0. The SMILES string of the molecule is CC(CNCC1CCCC1N)C(C)(C)C. The quantitative estimate of drug-likeness (QED) is 0.751. The van der Waals surface area contributed by atoms with Crippen LogP contribution in [0.5, 0.6) is 0 Å². The maximum atomic E-state index is 6.04. The molecule has 3 N–H and O–H groups in total. The highest BCUT2D eigenvalue weighted by Crippen LogP contribution is 2.25. The second-order valence-corrected chi connectivity index (χ2v) is 6.28. The fourth-order valence-electron chi connectivity index (χ4n) is 2.11. The molecule has 0 spiro atoms. The van der Waals surface area contributed by atoms with Gasteiger partial charge in [-0.1, -0.05) is 34.1 Å². The van der Waals surface area contributed by atoms with Crippen LogP contribution in [-0.2, 0) is 0 Å². The topological polar surface area (TPSA) is 38.0 Å². The van der Waals surface area contributed by atoms with Gasteiger partial charge in [0.15, 0.2) is 0 Å². The minimum atomic E-state index is 0.408. The molecule has 1 saturated carbocycles. The fourth-order valence-corrected chi connectivity index (χ4v) is 2.11. The van der Waals surface area contributed by atoms with Gasteiger partial charge < -0.3 is 11.1 Å². The molecule has 15 heavy (non-hydrogen) atoms. The maximum absolute atomic E-state index is 6.04. The van der Waals surface area contributed by atoms with Gasteiger partial charge >= 0.3 is 0 Å². The molecule has 0 aliphatic heterocycles. The average molecular weight is 212 g/mol. The van der Waals surface area contributed by atoms with Crippen molar-refractivity contribution in [3.05, 3.63) is 0 Å². The van der Waals surface area contributed by atoms with Crippen LogP contribution in [0.3, 0.4) is 0 Å². The summed E-state index contributed by atoms with van der Waals surface area (Å²) in [7, 11) is 0. The number of nitrogens with two attached hydrogens (primary N) is 1. The van der Waals surface area contributed by atoms with E-state index in [0.29, 0.717) is 11.5 Å². The van der Waals surface area contributed by atoms with Gasteiger partial charge in [-0.2, -0.15) is 0 Å². The standard InChI is InChI=1S/C13H28N2/c1-10(13(2,3)4)8-15-9-11-6-5-7-12(11)14/h10-12,15H,5-9,14H2,1-4H3. The van der Waals surface area contributed by atoms with Crippen molar-refractivity contribution in [2.75, 3.05) is 13.1 Å². The van der Waals surface area contributed by atoms with E-state index in [-0.39, 0.29) is 0 Å². The Balaban J connectivity index is 2.16. The number of nitrogens with one attached hydrogen (secondary N) is 1. The van der Waals surface area contributed by atoms with Crippen molar-refractivity contribution in [3.8, 4) is 0 Å². The molecule has 0 aromatic rings. The van der Waals surface area contributed by atoms with Gasteiger partial charge in [0.25, 0.3) is 0 Å². The Hall–Kier alpha value is -0.0800. The molecule has 90 valence electrons. The zero-order chi connectivity index (χ0) is 11.5. The normalized spacial score (nSPS) is 29.4. The van der Waals surface area contributed by atoms with Crippen LogP contribution in [-0.4, -0.2) is 19.1 Å². The van der Waals surface area contributed by atoms with Crippen molar-refractivity contribution in [1.29, 1.82) is 0 Å². The van der Waals surface area contributed by atoms with E-state index in [9.17, 15) is 0 Å². The largest absolute Gasteiger partial charge is 0.327 e. The molecule has 2 heteroatoms. The van der Waals surface area contributed by atoms with Gasteiger partial charge in [0.2, 0.25) is 0 Å². The number of hydrogen-bond acceptors (Lipinski definition) is 2. The molecular weight excluding hydrogens is 184 g/mol. The Labute approximate surface area is 95.0 Å². The Bertz CT molecular complexity index is 181. The van der Waals surface area contributed by atoms with Gasteiger partial charge in [-0.25, -0.2) is 0 Å². The predicted octanol–water partition coefficient (Wildman–Crippen LogP) is 2.39. The van der Waals surface area contributed by atoms with Crippen LogP contribution in [0.2, 0.25) is 0 Å². The van der Waals surface area contributed by atoms with Crippen LogP contribution in [0.15, 0.2) is 0 Å². The molecule has 1 rings (SSSR count). The van der Waals surface area contributed by atoms with E-state index in [4.69, 9.17) is 5.73 Å². The van der Waals surface area contributed by atoms with E-state index in [1.807, 2.05) is 0 Å². The first-order valence-corrected chi connectivity index (χ1v) is 6.37. The second kappa shape index (κ2) is 5.31. The lowest BCUT2D eigenvalue weighted by atomic mass is 9.82. The summed E-state index contributed by atoms with van der Waals surface area (Å²) < 4.78 is 0. The van der Waals surface area contributed by atoms with Crippen LogP contribution >= 0.6 is 0 Å². The lowest BCUT2D eigenvalue weighted by molar-refractivity contribution is 0.248. The summed E-state index contributed by atoms with van der Waals surface area (Å²) in [5, 5.41) is 3.58. The van der Waals surface area contributed by atoms with Gasteiger partial charge in [-0.05, 0) is 43.2 Å². The molecule has 1 aliphatic rings. The Morgan fingerprint density at radius 1 is 1.33 bits per heavy atom. The van der Waals surface area contributed by atoms with Crippen LogP contribution in [0.25, 0.3) is 0 Å². The van der Waals surface area contributed by atoms with Crippen molar-refractivity contribution in [3.63, 3.8) is 0 Å². The summed E-state index contributed by atoms with van der Waals surface area (Å²) in [6, 6.07) is 0.447. The molecule has 0 saturated heterocycles. The molecule has 0 heterocycles. The van der Waals surface area contributed by atoms with Crippen molar-refractivity contribution in [1.82, 2.24) is 5.32 Å². The van der Waals surface area contributed by atoms with E-state index in [1.165, 1.54) is 19.3 Å². The number of rotatable bonds is 4. The molecule has 0 radical (unpaired) electrons. The highest BCUT2D eigenvalue weighted by atomic mass is 14.9. The first-order valence-electron chi connectivity index (χ1n) is 6.37. The zero-order valence-corrected chi connectivity index (χ0v) is 10.8. The minimum absolute atomic E-state index is 0.408. The summed E-state index contributed by atoms with van der Waals surface area (Å²) in [6.45, 7) is 11.5. The third kappa shape index (κ3) is 4.12. The molecule has 0 bridgehead atoms. The third-order valence-corrected chi connectivity index (χ3v) is 4.05. The summed E-state index contributed by atoms with van der Waals surface area (Å²) in [5.41, 5.74) is 6.45. The summed E-state index contributed by atoms with van der Waals surface area (Å²) >= 11 is 0. The van der Waals surface area contributed by atoms with Gasteiger partial charge in [-0.3, -0.25) is 0 Å². The zero-order valence-electron chi connectivity index (χ0n) is 10.8. The summed E-state index contributed by atoms with van der Waals surface area (Å²) in [4.78, 5) is 0.